The van der Waals surface area contributed by atoms with Crippen molar-refractivity contribution in [3.05, 3.63) is 0 Å². The van der Waals surface area contributed by atoms with Crippen molar-refractivity contribution in [2.75, 3.05) is 27.4 Å². The molecule has 0 spiro atoms. The molecule has 0 aromatic heterocycles. The van der Waals surface area contributed by atoms with Gasteiger partial charge in [0.05, 0.1) is 13.2 Å². The number of unbranched alkanes of at least 4 members (excludes halogenated alkanes) is 5. The van der Waals surface area contributed by atoms with E-state index in [-0.39, 0.29) is 0 Å². The number of methoxy groups -OCH3 is 2. The van der Waals surface area contributed by atoms with Gasteiger partial charge in [-0.3, -0.25) is 0 Å². The molecule has 0 N–H and O–H groups in total. The van der Waals surface area contributed by atoms with Crippen LogP contribution in [0.15, 0.2) is 0 Å². The van der Waals surface area contributed by atoms with Crippen molar-refractivity contribution in [2.24, 2.45) is 11.3 Å². The molecule has 1 heterocycles. The summed E-state index contributed by atoms with van der Waals surface area (Å²) in [4.78, 5) is 0. The summed E-state index contributed by atoms with van der Waals surface area (Å²) in [5, 5.41) is 0. The minimum Gasteiger partial charge on any atom is -0.380 e. The molecule has 3 heteroatoms. The fourth-order valence-corrected chi connectivity index (χ4v) is 3.52. The summed E-state index contributed by atoms with van der Waals surface area (Å²) in [5.74, 6) is -0.0289. The van der Waals surface area contributed by atoms with E-state index < -0.39 is 5.79 Å². The first-order valence-electron chi connectivity index (χ1n) is 9.24. The SMILES string of the molecule is CCCCCCCCC(CC1(CC)COC1)C(C)(OC)OC. The van der Waals surface area contributed by atoms with Gasteiger partial charge in [0.2, 0.25) is 0 Å². The van der Waals surface area contributed by atoms with E-state index in [0.717, 1.165) is 19.6 Å². The van der Waals surface area contributed by atoms with Gasteiger partial charge in [-0.25, -0.2) is 0 Å². The third kappa shape index (κ3) is 5.50. The summed E-state index contributed by atoms with van der Waals surface area (Å²) in [6, 6.07) is 0. The molecule has 0 radical (unpaired) electrons. The van der Waals surface area contributed by atoms with Gasteiger partial charge in [0.25, 0.3) is 0 Å². The number of hydrogen-bond donors (Lipinski definition) is 0. The van der Waals surface area contributed by atoms with E-state index in [9.17, 15) is 0 Å². The van der Waals surface area contributed by atoms with Crippen LogP contribution in [-0.2, 0) is 14.2 Å². The summed E-state index contributed by atoms with van der Waals surface area (Å²) in [6.07, 6.45) is 11.5. The predicted molar refractivity (Wildman–Crippen MR) is 92.1 cm³/mol. The molecule has 1 saturated heterocycles. The van der Waals surface area contributed by atoms with Crippen LogP contribution in [0, 0.1) is 11.3 Å². The van der Waals surface area contributed by atoms with Gasteiger partial charge in [0.1, 0.15) is 0 Å². The molecule has 1 aliphatic heterocycles. The fraction of sp³-hybridized carbons (Fsp3) is 1.00. The van der Waals surface area contributed by atoms with Crippen LogP contribution in [0.5, 0.6) is 0 Å². The normalized spacial score (nSPS) is 19.0. The summed E-state index contributed by atoms with van der Waals surface area (Å²) >= 11 is 0. The van der Waals surface area contributed by atoms with Gasteiger partial charge in [-0.15, -0.1) is 0 Å². The highest BCUT2D eigenvalue weighted by atomic mass is 16.7. The van der Waals surface area contributed by atoms with Crippen molar-refractivity contribution >= 4 is 0 Å². The Morgan fingerprint density at radius 2 is 1.59 bits per heavy atom. The first kappa shape index (κ1) is 19.9. The topological polar surface area (TPSA) is 27.7 Å². The number of rotatable bonds is 13. The zero-order chi connectivity index (χ0) is 16.5. The Bertz CT molecular complexity index is 277. The summed E-state index contributed by atoms with van der Waals surface area (Å²) < 4.78 is 17.0. The lowest BCUT2D eigenvalue weighted by molar-refractivity contribution is -0.244. The van der Waals surface area contributed by atoms with Gasteiger partial charge in [0, 0.05) is 25.6 Å². The maximum atomic E-state index is 5.74. The number of ether oxygens (including phenoxy) is 3. The lowest BCUT2D eigenvalue weighted by Crippen LogP contribution is -2.48. The monoisotopic (exact) mass is 314 g/mol. The van der Waals surface area contributed by atoms with Gasteiger partial charge in [-0.05, 0) is 26.2 Å². The van der Waals surface area contributed by atoms with Crippen molar-refractivity contribution in [3.8, 4) is 0 Å². The van der Waals surface area contributed by atoms with Gasteiger partial charge in [0.15, 0.2) is 5.79 Å². The van der Waals surface area contributed by atoms with E-state index in [1.54, 1.807) is 14.2 Å². The van der Waals surface area contributed by atoms with Crippen LogP contribution in [0.3, 0.4) is 0 Å². The van der Waals surface area contributed by atoms with Gasteiger partial charge in [-0.1, -0.05) is 52.4 Å². The Kier molecular flexibility index (Phi) is 8.96. The molecule has 1 fully saturated rings. The smallest absolute Gasteiger partial charge is 0.167 e. The van der Waals surface area contributed by atoms with E-state index in [0.29, 0.717) is 11.3 Å². The first-order valence-corrected chi connectivity index (χ1v) is 9.24. The van der Waals surface area contributed by atoms with E-state index in [2.05, 4.69) is 20.8 Å². The molecule has 0 aromatic carbocycles. The molecular weight excluding hydrogens is 276 g/mol. The predicted octanol–water partition coefficient (Wildman–Crippen LogP) is 5.18. The first-order chi connectivity index (χ1) is 10.6. The molecule has 22 heavy (non-hydrogen) atoms. The third-order valence-corrected chi connectivity index (χ3v) is 5.70. The van der Waals surface area contributed by atoms with Crippen LogP contribution in [-0.4, -0.2) is 33.2 Å². The van der Waals surface area contributed by atoms with Crippen molar-refractivity contribution in [1.82, 2.24) is 0 Å². The maximum absolute atomic E-state index is 5.74. The third-order valence-electron chi connectivity index (χ3n) is 5.70. The van der Waals surface area contributed by atoms with Gasteiger partial charge >= 0.3 is 0 Å². The Balaban J connectivity index is 2.51. The van der Waals surface area contributed by atoms with E-state index in [4.69, 9.17) is 14.2 Å². The molecule has 0 aromatic rings. The highest BCUT2D eigenvalue weighted by Gasteiger charge is 2.44. The Morgan fingerprint density at radius 3 is 2.05 bits per heavy atom. The van der Waals surface area contributed by atoms with Crippen LogP contribution in [0.2, 0.25) is 0 Å². The molecule has 0 saturated carbocycles. The average Bonchev–Trinajstić information content (AvgIpc) is 2.51. The molecule has 1 atom stereocenters. The molecule has 1 aliphatic rings. The van der Waals surface area contributed by atoms with Crippen LogP contribution in [0.1, 0.15) is 78.6 Å². The highest BCUT2D eigenvalue weighted by molar-refractivity contribution is 4.90. The lowest BCUT2D eigenvalue weighted by Gasteiger charge is -2.46. The van der Waals surface area contributed by atoms with Crippen LogP contribution in [0.25, 0.3) is 0 Å². The average molecular weight is 315 g/mol. The summed E-state index contributed by atoms with van der Waals surface area (Å²) in [5.41, 5.74) is 0.352. The molecular formula is C19H38O3. The Hall–Kier alpha value is -0.120. The molecule has 0 bridgehead atoms. The summed E-state index contributed by atoms with van der Waals surface area (Å²) in [6.45, 7) is 8.45. The minimum absolute atomic E-state index is 0.352. The van der Waals surface area contributed by atoms with Gasteiger partial charge in [-0.2, -0.15) is 0 Å². The van der Waals surface area contributed by atoms with E-state index in [1.165, 1.54) is 51.4 Å². The maximum Gasteiger partial charge on any atom is 0.167 e. The van der Waals surface area contributed by atoms with Crippen LogP contribution in [0.4, 0.5) is 0 Å². The van der Waals surface area contributed by atoms with Crippen LogP contribution >= 0.6 is 0 Å². The zero-order valence-corrected chi connectivity index (χ0v) is 15.6. The molecule has 0 amide bonds. The second-order valence-electron chi connectivity index (χ2n) is 7.23. The minimum atomic E-state index is -0.471. The Morgan fingerprint density at radius 1 is 1.00 bits per heavy atom. The highest BCUT2D eigenvalue weighted by Crippen LogP contribution is 2.43. The quantitative estimate of drug-likeness (QED) is 0.346. The van der Waals surface area contributed by atoms with Crippen molar-refractivity contribution in [1.29, 1.82) is 0 Å². The number of hydrogen-bond acceptors (Lipinski definition) is 3. The summed E-state index contributed by atoms with van der Waals surface area (Å²) in [7, 11) is 3.54. The molecule has 0 aliphatic carbocycles. The van der Waals surface area contributed by atoms with Crippen molar-refractivity contribution in [3.63, 3.8) is 0 Å². The van der Waals surface area contributed by atoms with Crippen LogP contribution < -0.4 is 0 Å². The molecule has 1 rings (SSSR count). The second kappa shape index (κ2) is 9.89. The standard InChI is InChI=1S/C19H38O3/c1-6-8-9-10-11-12-13-17(18(3,20-4)21-5)14-19(7-2)15-22-16-19/h17H,6-16H2,1-5H3. The largest absolute Gasteiger partial charge is 0.380 e. The van der Waals surface area contributed by atoms with E-state index in [1.807, 2.05) is 0 Å². The second-order valence-corrected chi connectivity index (χ2v) is 7.23. The molecule has 132 valence electrons. The molecule has 3 nitrogen and oxygen atoms in total. The lowest BCUT2D eigenvalue weighted by atomic mass is 9.72. The fourth-order valence-electron chi connectivity index (χ4n) is 3.52. The Labute approximate surface area is 138 Å². The van der Waals surface area contributed by atoms with Crippen molar-refractivity contribution < 1.29 is 14.2 Å². The van der Waals surface area contributed by atoms with Crippen molar-refractivity contribution in [2.45, 2.75) is 84.3 Å². The van der Waals surface area contributed by atoms with Gasteiger partial charge < -0.3 is 14.2 Å². The molecule has 1 unspecified atom stereocenters. The zero-order valence-electron chi connectivity index (χ0n) is 15.6. The van der Waals surface area contributed by atoms with E-state index >= 15 is 0 Å².